The molecule has 0 saturated heterocycles. The number of anilines is 1. The number of nitrogen functional groups attached to an aromatic ring is 1. The van der Waals surface area contributed by atoms with Gasteiger partial charge in [-0.25, -0.2) is 4.39 Å². The van der Waals surface area contributed by atoms with Crippen LogP contribution in [0.3, 0.4) is 0 Å². The van der Waals surface area contributed by atoms with Crippen molar-refractivity contribution in [2.75, 3.05) is 5.73 Å². The van der Waals surface area contributed by atoms with Gasteiger partial charge in [-0.15, -0.1) is 11.3 Å². The summed E-state index contributed by atoms with van der Waals surface area (Å²) in [7, 11) is 0. The highest BCUT2D eigenvalue weighted by Gasteiger charge is 2.17. The Morgan fingerprint density at radius 3 is 2.65 bits per heavy atom. The van der Waals surface area contributed by atoms with Crippen LogP contribution in [-0.4, -0.2) is 5.78 Å². The zero-order valence-corrected chi connectivity index (χ0v) is 11.4. The molecular formula is C12H9BrFNOS. The van der Waals surface area contributed by atoms with Crippen LogP contribution in [-0.2, 0) is 0 Å². The fourth-order valence-corrected chi connectivity index (χ4v) is 3.23. The molecule has 17 heavy (non-hydrogen) atoms. The van der Waals surface area contributed by atoms with E-state index >= 15 is 0 Å². The summed E-state index contributed by atoms with van der Waals surface area (Å²) in [6, 6.07) is 5.54. The van der Waals surface area contributed by atoms with Gasteiger partial charge in [0.1, 0.15) is 5.82 Å². The SMILES string of the molecule is Cc1sc(Br)cc1C(=O)c1cc(F)ccc1N. The summed E-state index contributed by atoms with van der Waals surface area (Å²) in [5, 5.41) is 0. The minimum atomic E-state index is -0.463. The maximum Gasteiger partial charge on any atom is 0.196 e. The summed E-state index contributed by atoms with van der Waals surface area (Å²) in [6.45, 7) is 1.85. The van der Waals surface area contributed by atoms with Crippen LogP contribution in [0.15, 0.2) is 28.1 Å². The van der Waals surface area contributed by atoms with E-state index in [4.69, 9.17) is 5.73 Å². The summed E-state index contributed by atoms with van der Waals surface area (Å²) >= 11 is 4.78. The van der Waals surface area contributed by atoms with Crippen LogP contribution in [0.4, 0.5) is 10.1 Å². The van der Waals surface area contributed by atoms with Crippen LogP contribution in [0.2, 0.25) is 0 Å². The standard InChI is InChI=1S/C12H9BrFNOS/c1-6-8(5-11(13)17-6)12(16)9-4-7(14)2-3-10(9)15/h2-5H,15H2,1H3. The third-order valence-corrected chi connectivity index (χ3v) is 3.95. The molecule has 2 N–H and O–H groups in total. The molecule has 5 heteroatoms. The Bertz CT molecular complexity index is 594. The van der Waals surface area contributed by atoms with Crippen molar-refractivity contribution in [2.45, 2.75) is 6.92 Å². The van der Waals surface area contributed by atoms with Gasteiger partial charge in [0.15, 0.2) is 5.78 Å². The molecule has 0 aliphatic rings. The number of thiophene rings is 1. The minimum absolute atomic E-state index is 0.207. The van der Waals surface area contributed by atoms with Crippen LogP contribution in [0.25, 0.3) is 0 Å². The van der Waals surface area contributed by atoms with E-state index in [1.165, 1.54) is 29.5 Å². The van der Waals surface area contributed by atoms with Gasteiger partial charge in [-0.1, -0.05) is 0 Å². The van der Waals surface area contributed by atoms with E-state index in [9.17, 15) is 9.18 Å². The molecule has 0 fully saturated rings. The van der Waals surface area contributed by atoms with Crippen molar-refractivity contribution in [3.05, 3.63) is 49.9 Å². The molecule has 88 valence electrons. The van der Waals surface area contributed by atoms with E-state index in [-0.39, 0.29) is 17.0 Å². The maximum absolute atomic E-state index is 13.1. The number of benzene rings is 1. The Balaban J connectivity index is 2.50. The zero-order valence-electron chi connectivity index (χ0n) is 8.96. The number of carbonyl (C=O) groups excluding carboxylic acids is 1. The van der Waals surface area contributed by atoms with E-state index in [1.54, 1.807) is 6.07 Å². The van der Waals surface area contributed by atoms with Gasteiger partial charge < -0.3 is 5.73 Å². The predicted octanol–water partition coefficient (Wildman–Crippen LogP) is 3.77. The van der Waals surface area contributed by atoms with E-state index in [0.717, 1.165) is 8.66 Å². The highest BCUT2D eigenvalue weighted by atomic mass is 79.9. The molecule has 2 rings (SSSR count). The summed E-state index contributed by atoms with van der Waals surface area (Å²) < 4.78 is 14.0. The Labute approximate surface area is 110 Å². The van der Waals surface area contributed by atoms with Crippen molar-refractivity contribution >= 4 is 38.7 Å². The van der Waals surface area contributed by atoms with Crippen LogP contribution >= 0.6 is 27.3 Å². The molecule has 0 unspecified atom stereocenters. The average Bonchev–Trinajstić information content (AvgIpc) is 2.60. The summed E-state index contributed by atoms with van der Waals surface area (Å²) in [5.74, 6) is -0.712. The molecule has 1 heterocycles. The highest BCUT2D eigenvalue weighted by molar-refractivity contribution is 9.11. The van der Waals surface area contributed by atoms with Gasteiger partial charge >= 0.3 is 0 Å². The molecule has 0 amide bonds. The van der Waals surface area contributed by atoms with Crippen LogP contribution in [0.1, 0.15) is 20.8 Å². The fourth-order valence-electron chi connectivity index (χ4n) is 1.54. The molecule has 0 aliphatic heterocycles. The zero-order chi connectivity index (χ0) is 12.6. The van der Waals surface area contributed by atoms with Crippen molar-refractivity contribution in [1.29, 1.82) is 0 Å². The number of nitrogens with two attached hydrogens (primary N) is 1. The topological polar surface area (TPSA) is 43.1 Å². The Morgan fingerprint density at radius 1 is 1.35 bits per heavy atom. The lowest BCUT2D eigenvalue weighted by atomic mass is 10.0. The van der Waals surface area contributed by atoms with Gasteiger partial charge in [0.2, 0.25) is 0 Å². The van der Waals surface area contributed by atoms with Crippen LogP contribution < -0.4 is 5.73 Å². The second kappa shape index (κ2) is 4.58. The fraction of sp³-hybridized carbons (Fsp3) is 0.0833. The number of halogens is 2. The van der Waals surface area contributed by atoms with Crippen molar-refractivity contribution in [1.82, 2.24) is 0 Å². The molecule has 0 bridgehead atoms. The third-order valence-electron chi connectivity index (χ3n) is 2.39. The summed E-state index contributed by atoms with van der Waals surface area (Å²) in [4.78, 5) is 13.1. The van der Waals surface area contributed by atoms with E-state index < -0.39 is 5.82 Å². The second-order valence-electron chi connectivity index (χ2n) is 3.58. The molecule has 1 aromatic heterocycles. The largest absolute Gasteiger partial charge is 0.398 e. The predicted molar refractivity (Wildman–Crippen MR) is 71.0 cm³/mol. The quantitative estimate of drug-likeness (QED) is 0.677. The molecule has 0 aliphatic carbocycles. The first-order chi connectivity index (χ1) is 7.99. The van der Waals surface area contributed by atoms with Gasteiger partial charge in [-0.2, -0.15) is 0 Å². The van der Waals surface area contributed by atoms with Gasteiger partial charge in [0.05, 0.1) is 3.79 Å². The normalized spacial score (nSPS) is 10.5. The minimum Gasteiger partial charge on any atom is -0.398 e. The lowest BCUT2D eigenvalue weighted by molar-refractivity contribution is 0.103. The molecule has 0 radical (unpaired) electrons. The van der Waals surface area contributed by atoms with Crippen molar-refractivity contribution in [3.8, 4) is 0 Å². The number of carbonyl (C=O) groups is 1. The number of hydrogen-bond acceptors (Lipinski definition) is 3. The first-order valence-corrected chi connectivity index (χ1v) is 6.45. The highest BCUT2D eigenvalue weighted by Crippen LogP contribution is 2.29. The van der Waals surface area contributed by atoms with Crippen molar-refractivity contribution in [3.63, 3.8) is 0 Å². The van der Waals surface area contributed by atoms with E-state index in [0.29, 0.717) is 5.56 Å². The second-order valence-corrected chi connectivity index (χ2v) is 6.22. The van der Waals surface area contributed by atoms with Crippen molar-refractivity contribution < 1.29 is 9.18 Å². The molecule has 2 aromatic rings. The maximum atomic E-state index is 13.1. The Hall–Kier alpha value is -1.20. The smallest absolute Gasteiger partial charge is 0.196 e. The van der Waals surface area contributed by atoms with Crippen molar-refractivity contribution in [2.24, 2.45) is 0 Å². The molecular weight excluding hydrogens is 305 g/mol. The van der Waals surface area contributed by atoms with Gasteiger partial charge in [-0.05, 0) is 47.1 Å². The number of hydrogen-bond donors (Lipinski definition) is 1. The van der Waals surface area contributed by atoms with Gasteiger partial charge in [-0.3, -0.25) is 4.79 Å². The lowest BCUT2D eigenvalue weighted by Gasteiger charge is -2.04. The van der Waals surface area contributed by atoms with E-state index in [1.807, 2.05) is 6.92 Å². The number of aryl methyl sites for hydroxylation is 1. The van der Waals surface area contributed by atoms with Gasteiger partial charge in [0.25, 0.3) is 0 Å². The first-order valence-electron chi connectivity index (χ1n) is 4.84. The Kier molecular flexibility index (Phi) is 3.31. The summed E-state index contributed by atoms with van der Waals surface area (Å²) in [5.41, 5.74) is 6.74. The van der Waals surface area contributed by atoms with Gasteiger partial charge in [0, 0.05) is 21.7 Å². The van der Waals surface area contributed by atoms with E-state index in [2.05, 4.69) is 15.9 Å². The van der Waals surface area contributed by atoms with Crippen LogP contribution in [0.5, 0.6) is 0 Å². The van der Waals surface area contributed by atoms with Crippen LogP contribution in [0, 0.1) is 12.7 Å². The molecule has 2 nitrogen and oxygen atoms in total. The average molecular weight is 314 g/mol. The third kappa shape index (κ3) is 2.40. The first kappa shape index (κ1) is 12.3. The molecule has 0 atom stereocenters. The summed E-state index contributed by atoms with van der Waals surface area (Å²) in [6.07, 6.45) is 0. The molecule has 0 spiro atoms. The molecule has 0 saturated carbocycles. The number of rotatable bonds is 2. The number of ketones is 1. The monoisotopic (exact) mass is 313 g/mol. The Morgan fingerprint density at radius 2 is 2.06 bits per heavy atom. The molecule has 1 aromatic carbocycles. The lowest BCUT2D eigenvalue weighted by Crippen LogP contribution is -2.06.